The number of hydrogen-bond donors (Lipinski definition) is 1. The van der Waals surface area contributed by atoms with Crippen LogP contribution in [0.5, 0.6) is 0 Å². The summed E-state index contributed by atoms with van der Waals surface area (Å²) in [6.07, 6.45) is 7.97. The Kier molecular flexibility index (Phi) is 12.8. The zero-order valence-electron chi connectivity index (χ0n) is 17.0. The molecule has 138 valence electrons. The summed E-state index contributed by atoms with van der Waals surface area (Å²) < 4.78 is 4.91. The third-order valence-corrected chi connectivity index (χ3v) is 22.9. The summed E-state index contributed by atoms with van der Waals surface area (Å²) in [5.74, 6) is 0.956. The molecule has 0 aliphatic heterocycles. The van der Waals surface area contributed by atoms with Crippen LogP contribution in [0.3, 0.4) is 0 Å². The summed E-state index contributed by atoms with van der Waals surface area (Å²) in [6.45, 7) is 15.7. The Balaban J connectivity index is 5.49. The molecule has 0 heterocycles. The van der Waals surface area contributed by atoms with Crippen LogP contribution in [0.15, 0.2) is 0 Å². The van der Waals surface area contributed by atoms with Crippen molar-refractivity contribution in [2.24, 2.45) is 11.8 Å². The van der Waals surface area contributed by atoms with Gasteiger partial charge in [-0.25, -0.2) is 0 Å². The van der Waals surface area contributed by atoms with E-state index >= 15 is 0 Å². The van der Waals surface area contributed by atoms with E-state index in [0.29, 0.717) is 9.98 Å². The van der Waals surface area contributed by atoms with E-state index in [1.165, 1.54) is 51.8 Å². The molecule has 0 spiro atoms. The zero-order chi connectivity index (χ0) is 17.9. The van der Waals surface area contributed by atoms with Crippen LogP contribution in [0.4, 0.5) is 0 Å². The first-order valence-electron chi connectivity index (χ1n) is 10.1. The van der Waals surface area contributed by atoms with E-state index in [0.717, 1.165) is 0 Å². The Bertz CT molecular complexity index is 293. The molecule has 0 fully saturated rings. The third-order valence-electron chi connectivity index (χ3n) is 5.23. The van der Waals surface area contributed by atoms with E-state index in [-0.39, 0.29) is 11.8 Å². The molecular weight excluding hydrogens is 389 g/mol. The van der Waals surface area contributed by atoms with Gasteiger partial charge in [0.1, 0.15) is 0 Å². The summed E-state index contributed by atoms with van der Waals surface area (Å²) in [4.78, 5) is 12.4. The fraction of sp³-hybridized carbons (Fsp3) is 0.950. The predicted molar refractivity (Wildman–Crippen MR) is 107 cm³/mol. The van der Waals surface area contributed by atoms with Crippen molar-refractivity contribution < 1.29 is 4.79 Å². The molecule has 0 aromatic carbocycles. The van der Waals surface area contributed by atoms with E-state index in [2.05, 4.69) is 39.9 Å². The Morgan fingerprint density at radius 1 is 0.826 bits per heavy atom. The molecule has 0 aromatic rings. The molecule has 0 aliphatic rings. The predicted octanol–water partition coefficient (Wildman–Crippen LogP) is 6.17. The molecule has 1 unspecified atom stereocenters. The van der Waals surface area contributed by atoms with Gasteiger partial charge >= 0.3 is 151 Å². The molecule has 1 amide bonds. The summed E-state index contributed by atoms with van der Waals surface area (Å²) in [5.41, 5.74) is 0. The molecule has 23 heavy (non-hydrogen) atoms. The first-order valence-corrected chi connectivity index (χ1v) is 17.8. The molecule has 0 aromatic heterocycles. The second kappa shape index (κ2) is 12.6. The number of carbonyl (C=O) groups is 1. The standard InChI is InChI=1S/C8H16NO.3C4H9.Sn/c1-6(2)5-9-8(10)7(3)4;3*1-3-4-2;/h5-7H,1-4H3,(H,9,10);3*1,3-4H2,2H3;. The number of hydrogen-bond acceptors (Lipinski definition) is 1. The van der Waals surface area contributed by atoms with Gasteiger partial charge in [-0.3, -0.25) is 0 Å². The van der Waals surface area contributed by atoms with E-state index in [1.54, 1.807) is 0 Å². The normalized spacial score (nSPS) is 13.6. The van der Waals surface area contributed by atoms with E-state index < -0.39 is 18.4 Å². The van der Waals surface area contributed by atoms with Gasteiger partial charge in [-0.15, -0.1) is 0 Å². The Labute approximate surface area is 150 Å². The maximum atomic E-state index is 12.4. The van der Waals surface area contributed by atoms with Crippen molar-refractivity contribution in [1.29, 1.82) is 0 Å². The second-order valence-electron chi connectivity index (χ2n) is 8.06. The van der Waals surface area contributed by atoms with Crippen LogP contribution in [0.1, 0.15) is 87.0 Å². The van der Waals surface area contributed by atoms with Gasteiger partial charge in [0.2, 0.25) is 0 Å². The summed E-state index contributed by atoms with van der Waals surface area (Å²) in [7, 11) is 0. The third kappa shape index (κ3) is 8.27. The van der Waals surface area contributed by atoms with Crippen molar-refractivity contribution in [2.75, 3.05) is 0 Å². The van der Waals surface area contributed by atoms with Crippen LogP contribution in [-0.2, 0) is 4.79 Å². The number of amides is 1. The van der Waals surface area contributed by atoms with E-state index in [9.17, 15) is 4.79 Å². The Hall–Kier alpha value is 0.269. The van der Waals surface area contributed by atoms with Gasteiger partial charge in [0.15, 0.2) is 0 Å². The van der Waals surface area contributed by atoms with Gasteiger partial charge in [0.05, 0.1) is 0 Å². The molecule has 0 bridgehead atoms. The van der Waals surface area contributed by atoms with E-state index in [4.69, 9.17) is 0 Å². The quantitative estimate of drug-likeness (QED) is 0.347. The molecule has 0 radical (unpaired) electrons. The summed E-state index contributed by atoms with van der Waals surface area (Å²) in [5, 5.41) is 3.54. The van der Waals surface area contributed by atoms with Crippen molar-refractivity contribution in [3.63, 3.8) is 0 Å². The molecule has 0 rings (SSSR count). The van der Waals surface area contributed by atoms with Crippen LogP contribution >= 0.6 is 0 Å². The van der Waals surface area contributed by atoms with Gasteiger partial charge in [-0.2, -0.15) is 0 Å². The van der Waals surface area contributed by atoms with Crippen molar-refractivity contribution in [2.45, 2.75) is 104 Å². The van der Waals surface area contributed by atoms with Crippen molar-refractivity contribution >= 4 is 24.3 Å². The zero-order valence-corrected chi connectivity index (χ0v) is 19.9. The number of rotatable bonds is 13. The molecule has 0 saturated heterocycles. The fourth-order valence-corrected chi connectivity index (χ4v) is 23.0. The van der Waals surface area contributed by atoms with Gasteiger partial charge in [0, 0.05) is 0 Å². The van der Waals surface area contributed by atoms with Crippen molar-refractivity contribution in [3.8, 4) is 0 Å². The average molecular weight is 432 g/mol. The second-order valence-corrected chi connectivity index (χ2v) is 21.9. The maximum absolute atomic E-state index is 12.4. The van der Waals surface area contributed by atoms with Gasteiger partial charge in [-0.1, -0.05) is 0 Å². The van der Waals surface area contributed by atoms with Crippen LogP contribution in [0.25, 0.3) is 0 Å². The van der Waals surface area contributed by atoms with Crippen molar-refractivity contribution in [3.05, 3.63) is 0 Å². The Morgan fingerprint density at radius 2 is 1.22 bits per heavy atom. The SMILES string of the molecule is CCC[CH2][Sn]([CH2]CCC)([CH2]CCC)[CH](NC(=O)C(C)C)C(C)C. The van der Waals surface area contributed by atoms with Crippen molar-refractivity contribution in [1.82, 2.24) is 5.32 Å². The average Bonchev–Trinajstić information content (AvgIpc) is 2.52. The van der Waals surface area contributed by atoms with Crippen LogP contribution < -0.4 is 5.32 Å². The summed E-state index contributed by atoms with van der Waals surface area (Å²) >= 11 is -2.40. The molecule has 0 saturated carbocycles. The van der Waals surface area contributed by atoms with Gasteiger partial charge in [0.25, 0.3) is 0 Å². The molecular formula is C20H43NOSn. The minimum atomic E-state index is -2.40. The molecule has 1 atom stereocenters. The number of nitrogens with one attached hydrogen (secondary N) is 1. The topological polar surface area (TPSA) is 29.1 Å². The molecule has 1 N–H and O–H groups in total. The fourth-order valence-electron chi connectivity index (χ4n) is 3.77. The molecule has 2 nitrogen and oxygen atoms in total. The van der Waals surface area contributed by atoms with Crippen LogP contribution in [-0.4, -0.2) is 28.3 Å². The van der Waals surface area contributed by atoms with Crippen LogP contribution in [0.2, 0.25) is 13.3 Å². The Morgan fingerprint density at radius 3 is 1.48 bits per heavy atom. The van der Waals surface area contributed by atoms with Crippen LogP contribution in [0, 0.1) is 11.8 Å². The molecule has 0 aliphatic carbocycles. The first-order chi connectivity index (χ1) is 10.8. The monoisotopic (exact) mass is 433 g/mol. The molecule has 3 heteroatoms. The number of carbonyl (C=O) groups excluding carboxylic acids is 1. The summed E-state index contributed by atoms with van der Waals surface area (Å²) in [6, 6.07) is 0. The van der Waals surface area contributed by atoms with Gasteiger partial charge < -0.3 is 0 Å². The van der Waals surface area contributed by atoms with Gasteiger partial charge in [-0.05, 0) is 0 Å². The number of unbranched alkanes of at least 4 members (excludes halogenated alkanes) is 3. The minimum absolute atomic E-state index is 0.101. The van der Waals surface area contributed by atoms with E-state index in [1.807, 2.05) is 13.8 Å². The first kappa shape index (κ1) is 23.3.